The lowest BCUT2D eigenvalue weighted by Gasteiger charge is -2.33. The maximum atomic E-state index is 2.51. The van der Waals surface area contributed by atoms with Crippen LogP contribution in [-0.4, -0.2) is 0 Å². The molecule has 0 N–H and O–H groups in total. The standard InChI is InChI=1S/C52H39N/c1-34-13-2-11-24-50(34)53(38-28-25-37(26-29-38)41-21-12-16-35-14-3-5-17-40(35)41)39-30-32-45-46-31-27-36-15-4-6-18-42(36)51(46)52(49(45)33-39)47-22-9-7-19-43(47)44-20-8-10-23-48(44)52/h2,4,6-13,15-16,18-33H,3,5,14,17H2,1H3. The quantitative estimate of drug-likeness (QED) is 0.179. The molecule has 3 aliphatic carbocycles. The zero-order chi connectivity index (χ0) is 35.1. The highest BCUT2D eigenvalue weighted by Crippen LogP contribution is 2.64. The fourth-order valence-electron chi connectivity index (χ4n) is 10.1. The molecular formula is C52H39N. The predicted molar refractivity (Wildman–Crippen MR) is 222 cm³/mol. The number of hydrogen-bond donors (Lipinski definition) is 0. The van der Waals surface area contributed by atoms with E-state index < -0.39 is 5.41 Å². The van der Waals surface area contributed by atoms with Crippen molar-refractivity contribution in [3.8, 4) is 33.4 Å². The summed E-state index contributed by atoms with van der Waals surface area (Å²) in [7, 11) is 0. The average Bonchev–Trinajstić information content (AvgIpc) is 3.69. The van der Waals surface area contributed by atoms with Crippen molar-refractivity contribution in [1.29, 1.82) is 0 Å². The molecule has 1 nitrogen and oxygen atoms in total. The van der Waals surface area contributed by atoms with E-state index in [1.165, 1.54) is 120 Å². The Morgan fingerprint density at radius 2 is 1.11 bits per heavy atom. The molecule has 1 heteroatoms. The van der Waals surface area contributed by atoms with Gasteiger partial charge in [0.15, 0.2) is 0 Å². The van der Waals surface area contributed by atoms with E-state index in [2.05, 4.69) is 182 Å². The summed E-state index contributed by atoms with van der Waals surface area (Å²) in [4.78, 5) is 2.47. The Bertz CT molecular complexity index is 2700. The Labute approximate surface area is 311 Å². The second-order valence-electron chi connectivity index (χ2n) is 15.1. The number of hydrogen-bond acceptors (Lipinski definition) is 1. The van der Waals surface area contributed by atoms with Gasteiger partial charge in [0.1, 0.15) is 0 Å². The number of rotatable bonds is 4. The van der Waals surface area contributed by atoms with Crippen LogP contribution < -0.4 is 4.90 Å². The normalized spacial score (nSPS) is 14.4. The zero-order valence-corrected chi connectivity index (χ0v) is 29.9. The van der Waals surface area contributed by atoms with Gasteiger partial charge in [-0.2, -0.15) is 0 Å². The first kappa shape index (κ1) is 30.4. The summed E-state index contributed by atoms with van der Waals surface area (Å²) < 4.78 is 0. The van der Waals surface area contributed by atoms with E-state index in [4.69, 9.17) is 0 Å². The molecule has 8 aromatic carbocycles. The van der Waals surface area contributed by atoms with Crippen LogP contribution >= 0.6 is 0 Å². The first-order chi connectivity index (χ1) is 26.2. The van der Waals surface area contributed by atoms with Crippen LogP contribution in [0.25, 0.3) is 44.2 Å². The van der Waals surface area contributed by atoms with Gasteiger partial charge in [0.2, 0.25) is 0 Å². The van der Waals surface area contributed by atoms with Crippen molar-refractivity contribution in [3.63, 3.8) is 0 Å². The molecule has 11 rings (SSSR count). The highest BCUT2D eigenvalue weighted by molar-refractivity contribution is 6.04. The molecular weight excluding hydrogens is 639 g/mol. The molecule has 0 aromatic heterocycles. The summed E-state index contributed by atoms with van der Waals surface area (Å²) in [5, 5.41) is 2.60. The summed E-state index contributed by atoms with van der Waals surface area (Å²) in [5.41, 5.74) is 20.9. The molecule has 0 radical (unpaired) electrons. The molecule has 0 saturated heterocycles. The lowest BCUT2D eigenvalue weighted by atomic mass is 9.69. The average molecular weight is 678 g/mol. The topological polar surface area (TPSA) is 3.24 Å². The summed E-state index contributed by atoms with van der Waals surface area (Å²) >= 11 is 0. The monoisotopic (exact) mass is 677 g/mol. The fourth-order valence-corrected chi connectivity index (χ4v) is 10.1. The van der Waals surface area contributed by atoms with Gasteiger partial charge < -0.3 is 4.90 Å². The Balaban J connectivity index is 1.15. The minimum Gasteiger partial charge on any atom is -0.310 e. The van der Waals surface area contributed by atoms with Crippen LogP contribution in [0, 0.1) is 6.92 Å². The first-order valence-electron chi connectivity index (χ1n) is 19.2. The second-order valence-corrected chi connectivity index (χ2v) is 15.1. The summed E-state index contributed by atoms with van der Waals surface area (Å²) in [6.07, 6.45) is 4.93. The van der Waals surface area contributed by atoms with E-state index in [-0.39, 0.29) is 0 Å². The van der Waals surface area contributed by atoms with E-state index in [0.29, 0.717) is 0 Å². The number of benzene rings is 8. The van der Waals surface area contributed by atoms with Crippen molar-refractivity contribution in [3.05, 3.63) is 209 Å². The van der Waals surface area contributed by atoms with Crippen LogP contribution in [0.15, 0.2) is 170 Å². The summed E-state index contributed by atoms with van der Waals surface area (Å²) in [6, 6.07) is 64.2. The van der Waals surface area contributed by atoms with Gasteiger partial charge in [-0.05, 0) is 146 Å². The van der Waals surface area contributed by atoms with Gasteiger partial charge in [-0.3, -0.25) is 0 Å². The SMILES string of the molecule is Cc1ccccc1N(c1ccc(-c2cccc3c2CCCC3)cc1)c1ccc2c(c1)C1(c3ccccc3-c3ccccc31)c1c-2ccc2ccccc12. The smallest absolute Gasteiger partial charge is 0.0732 e. The molecule has 0 amide bonds. The van der Waals surface area contributed by atoms with Crippen LogP contribution in [0.5, 0.6) is 0 Å². The molecule has 0 heterocycles. The zero-order valence-electron chi connectivity index (χ0n) is 29.9. The first-order valence-corrected chi connectivity index (χ1v) is 19.2. The van der Waals surface area contributed by atoms with E-state index >= 15 is 0 Å². The Morgan fingerprint density at radius 1 is 0.472 bits per heavy atom. The van der Waals surface area contributed by atoms with Crippen molar-refractivity contribution in [2.75, 3.05) is 4.90 Å². The summed E-state index contributed by atoms with van der Waals surface area (Å²) in [5.74, 6) is 0. The van der Waals surface area contributed by atoms with Crippen molar-refractivity contribution in [1.82, 2.24) is 0 Å². The molecule has 252 valence electrons. The van der Waals surface area contributed by atoms with Crippen LogP contribution in [0.4, 0.5) is 17.1 Å². The minimum absolute atomic E-state index is 0.442. The third kappa shape index (κ3) is 4.31. The van der Waals surface area contributed by atoms with Gasteiger partial charge in [0.25, 0.3) is 0 Å². The maximum Gasteiger partial charge on any atom is 0.0732 e. The highest BCUT2D eigenvalue weighted by Gasteiger charge is 2.52. The molecule has 0 unspecified atom stereocenters. The van der Waals surface area contributed by atoms with Crippen LogP contribution in [0.3, 0.4) is 0 Å². The van der Waals surface area contributed by atoms with Gasteiger partial charge >= 0.3 is 0 Å². The molecule has 8 aromatic rings. The van der Waals surface area contributed by atoms with E-state index in [9.17, 15) is 0 Å². The lowest BCUT2D eigenvalue weighted by Crippen LogP contribution is -2.26. The van der Waals surface area contributed by atoms with Crippen molar-refractivity contribution < 1.29 is 0 Å². The summed E-state index contributed by atoms with van der Waals surface area (Å²) in [6.45, 7) is 2.23. The second kappa shape index (κ2) is 11.7. The molecule has 0 aliphatic heterocycles. The Kier molecular flexibility index (Phi) is 6.70. The number of para-hydroxylation sites is 1. The number of nitrogens with zero attached hydrogens (tertiary/aromatic N) is 1. The lowest BCUT2D eigenvalue weighted by molar-refractivity contribution is 0.687. The van der Waals surface area contributed by atoms with Crippen LogP contribution in [0.1, 0.15) is 51.8 Å². The molecule has 53 heavy (non-hydrogen) atoms. The third-order valence-corrected chi connectivity index (χ3v) is 12.4. The maximum absolute atomic E-state index is 2.51. The molecule has 0 atom stereocenters. The van der Waals surface area contributed by atoms with Crippen LogP contribution in [0.2, 0.25) is 0 Å². The third-order valence-electron chi connectivity index (χ3n) is 12.4. The van der Waals surface area contributed by atoms with Gasteiger partial charge in [-0.1, -0.05) is 140 Å². The molecule has 0 bridgehead atoms. The minimum atomic E-state index is -0.442. The van der Waals surface area contributed by atoms with Gasteiger partial charge in [0, 0.05) is 17.1 Å². The predicted octanol–water partition coefficient (Wildman–Crippen LogP) is 13.5. The molecule has 3 aliphatic rings. The van der Waals surface area contributed by atoms with Crippen molar-refractivity contribution >= 4 is 27.8 Å². The van der Waals surface area contributed by atoms with Gasteiger partial charge in [-0.15, -0.1) is 0 Å². The number of aryl methyl sites for hydroxylation is 2. The molecule has 0 saturated carbocycles. The van der Waals surface area contributed by atoms with Gasteiger partial charge in [-0.25, -0.2) is 0 Å². The molecule has 1 spiro atoms. The fraction of sp³-hybridized carbons (Fsp3) is 0.115. The Hall–Kier alpha value is -6.18. The molecule has 0 fully saturated rings. The largest absolute Gasteiger partial charge is 0.310 e. The van der Waals surface area contributed by atoms with Crippen molar-refractivity contribution in [2.45, 2.75) is 38.0 Å². The van der Waals surface area contributed by atoms with Gasteiger partial charge in [0.05, 0.1) is 5.41 Å². The number of fused-ring (bicyclic) bond motifs is 13. The highest BCUT2D eigenvalue weighted by atomic mass is 15.1. The van der Waals surface area contributed by atoms with E-state index in [1.54, 1.807) is 0 Å². The Morgan fingerprint density at radius 3 is 1.92 bits per heavy atom. The van der Waals surface area contributed by atoms with Crippen molar-refractivity contribution in [2.24, 2.45) is 0 Å². The van der Waals surface area contributed by atoms with Crippen LogP contribution in [-0.2, 0) is 18.3 Å². The number of anilines is 3. The van der Waals surface area contributed by atoms with E-state index in [1.807, 2.05) is 0 Å². The van der Waals surface area contributed by atoms with E-state index in [0.717, 1.165) is 5.69 Å².